The van der Waals surface area contributed by atoms with Gasteiger partial charge in [-0.15, -0.1) is 0 Å². The molecule has 0 radical (unpaired) electrons. The molecule has 0 heterocycles. The van der Waals surface area contributed by atoms with E-state index in [0.717, 1.165) is 6.42 Å². The van der Waals surface area contributed by atoms with Crippen molar-refractivity contribution < 1.29 is 4.79 Å². The number of unbranched alkanes of at least 4 members (excludes halogenated alkanes) is 4. The minimum Gasteiger partial charge on any atom is -0.355 e. The molecule has 0 spiro atoms. The van der Waals surface area contributed by atoms with Gasteiger partial charge in [-0.05, 0) is 6.42 Å². The second-order valence-corrected chi connectivity index (χ2v) is 3.30. The summed E-state index contributed by atoms with van der Waals surface area (Å²) in [5.74, 6) is 0.141. The molecule has 0 aliphatic heterocycles. The van der Waals surface area contributed by atoms with Crippen LogP contribution < -0.4 is 11.1 Å². The Hall–Kier alpha value is -0.570. The molecule has 3 heteroatoms. The highest BCUT2D eigenvalue weighted by molar-refractivity contribution is 5.75. The van der Waals surface area contributed by atoms with E-state index in [4.69, 9.17) is 5.73 Å². The zero-order chi connectivity index (χ0) is 9.94. The summed E-state index contributed by atoms with van der Waals surface area (Å²) in [4.78, 5) is 11.1. The van der Waals surface area contributed by atoms with Gasteiger partial charge in [0.25, 0.3) is 0 Å². The lowest BCUT2D eigenvalue weighted by Crippen LogP contribution is -2.28. The van der Waals surface area contributed by atoms with E-state index in [1.165, 1.54) is 25.7 Å². The highest BCUT2D eigenvalue weighted by atomic mass is 16.1. The fourth-order valence-electron chi connectivity index (χ4n) is 1.19. The molecule has 0 saturated heterocycles. The van der Waals surface area contributed by atoms with Crippen molar-refractivity contribution in [3.8, 4) is 0 Å². The molecule has 78 valence electrons. The fraction of sp³-hybridized carbons (Fsp3) is 0.900. The predicted octanol–water partition coefficient (Wildman–Crippen LogP) is 1.42. The second kappa shape index (κ2) is 9.52. The minimum absolute atomic E-state index is 0.141. The third-order valence-corrected chi connectivity index (χ3v) is 1.97. The van der Waals surface area contributed by atoms with Crippen LogP contribution in [0.25, 0.3) is 0 Å². The first kappa shape index (κ1) is 12.4. The first-order valence-electron chi connectivity index (χ1n) is 5.28. The summed E-state index contributed by atoms with van der Waals surface area (Å²) in [6.45, 7) is 3.32. The molecule has 3 nitrogen and oxygen atoms in total. The van der Waals surface area contributed by atoms with Crippen LogP contribution in [0.2, 0.25) is 0 Å². The molecule has 0 atom stereocenters. The van der Waals surface area contributed by atoms with Crippen LogP contribution in [0, 0.1) is 0 Å². The van der Waals surface area contributed by atoms with E-state index in [1.54, 1.807) is 0 Å². The van der Waals surface area contributed by atoms with Gasteiger partial charge in [0.1, 0.15) is 0 Å². The molecule has 0 bridgehead atoms. The van der Waals surface area contributed by atoms with Crippen molar-refractivity contribution in [2.45, 2.75) is 45.4 Å². The van der Waals surface area contributed by atoms with Crippen LogP contribution in [0.1, 0.15) is 45.4 Å². The lowest BCUT2D eigenvalue weighted by atomic mass is 10.1. The molecular weight excluding hydrogens is 164 g/mol. The van der Waals surface area contributed by atoms with Gasteiger partial charge in [-0.1, -0.05) is 32.6 Å². The minimum atomic E-state index is 0.141. The molecule has 13 heavy (non-hydrogen) atoms. The van der Waals surface area contributed by atoms with Gasteiger partial charge in [-0.25, -0.2) is 0 Å². The monoisotopic (exact) mass is 186 g/mol. The quantitative estimate of drug-likeness (QED) is 0.563. The topological polar surface area (TPSA) is 55.1 Å². The van der Waals surface area contributed by atoms with Gasteiger partial charge in [0.05, 0.1) is 0 Å². The number of carbonyl (C=O) groups is 1. The third-order valence-electron chi connectivity index (χ3n) is 1.97. The van der Waals surface area contributed by atoms with Crippen molar-refractivity contribution in [2.75, 3.05) is 13.1 Å². The zero-order valence-corrected chi connectivity index (χ0v) is 8.64. The molecule has 1 amide bonds. The lowest BCUT2D eigenvalue weighted by Gasteiger charge is -2.02. The predicted molar refractivity (Wildman–Crippen MR) is 55.4 cm³/mol. The zero-order valence-electron chi connectivity index (χ0n) is 8.64. The summed E-state index contributed by atoms with van der Waals surface area (Å²) in [5.41, 5.74) is 5.26. The Kier molecular flexibility index (Phi) is 9.10. The average Bonchev–Trinajstić information content (AvgIpc) is 2.14. The molecule has 0 rings (SSSR count). The molecule has 0 unspecified atom stereocenters. The Morgan fingerprint density at radius 1 is 1.23 bits per heavy atom. The van der Waals surface area contributed by atoms with Crippen molar-refractivity contribution in [2.24, 2.45) is 5.73 Å². The van der Waals surface area contributed by atoms with Gasteiger partial charge in [0, 0.05) is 19.5 Å². The third kappa shape index (κ3) is 9.34. The van der Waals surface area contributed by atoms with Gasteiger partial charge in [-0.2, -0.15) is 0 Å². The largest absolute Gasteiger partial charge is 0.355 e. The molecule has 0 aromatic heterocycles. The van der Waals surface area contributed by atoms with Crippen LogP contribution in [-0.2, 0) is 4.79 Å². The number of nitrogens with one attached hydrogen (secondary N) is 1. The summed E-state index contributed by atoms with van der Waals surface area (Å²) in [6, 6.07) is 0. The first-order chi connectivity index (χ1) is 6.31. The van der Waals surface area contributed by atoms with E-state index in [2.05, 4.69) is 12.2 Å². The highest BCUT2D eigenvalue weighted by Crippen LogP contribution is 2.04. The summed E-state index contributed by atoms with van der Waals surface area (Å²) in [7, 11) is 0. The maximum atomic E-state index is 11.1. The first-order valence-corrected chi connectivity index (χ1v) is 5.28. The second-order valence-electron chi connectivity index (χ2n) is 3.30. The molecule has 0 fully saturated rings. The standard InChI is InChI=1S/C10H22N2O/c1-2-3-4-5-6-7-10(13)12-9-8-11/h2-9,11H2,1H3,(H,12,13). The normalized spacial score (nSPS) is 10.0. The molecule has 0 aliphatic carbocycles. The van der Waals surface area contributed by atoms with Crippen molar-refractivity contribution in [1.29, 1.82) is 0 Å². The van der Waals surface area contributed by atoms with Crippen LogP contribution in [-0.4, -0.2) is 19.0 Å². The molecule has 0 aliphatic rings. The van der Waals surface area contributed by atoms with Gasteiger partial charge in [0.15, 0.2) is 0 Å². The Morgan fingerprint density at radius 3 is 2.54 bits per heavy atom. The van der Waals surface area contributed by atoms with Crippen LogP contribution in [0.5, 0.6) is 0 Å². The van der Waals surface area contributed by atoms with Crippen LogP contribution in [0.3, 0.4) is 0 Å². The lowest BCUT2D eigenvalue weighted by molar-refractivity contribution is -0.121. The van der Waals surface area contributed by atoms with Crippen molar-refractivity contribution in [3.63, 3.8) is 0 Å². The summed E-state index contributed by atoms with van der Waals surface area (Å²) in [5, 5.41) is 2.76. The van der Waals surface area contributed by atoms with E-state index >= 15 is 0 Å². The number of rotatable bonds is 8. The van der Waals surface area contributed by atoms with Gasteiger partial charge in [-0.3, -0.25) is 4.79 Å². The number of carbonyl (C=O) groups excluding carboxylic acids is 1. The maximum Gasteiger partial charge on any atom is 0.220 e. The van der Waals surface area contributed by atoms with Crippen LogP contribution in [0.4, 0.5) is 0 Å². The Balaban J connectivity index is 3.08. The van der Waals surface area contributed by atoms with E-state index in [0.29, 0.717) is 19.5 Å². The summed E-state index contributed by atoms with van der Waals surface area (Å²) in [6.07, 6.45) is 6.62. The summed E-state index contributed by atoms with van der Waals surface area (Å²) >= 11 is 0. The average molecular weight is 186 g/mol. The number of hydrogen-bond acceptors (Lipinski definition) is 2. The van der Waals surface area contributed by atoms with Gasteiger partial charge >= 0.3 is 0 Å². The van der Waals surface area contributed by atoms with Crippen molar-refractivity contribution >= 4 is 5.91 Å². The Labute approximate surface area is 81.1 Å². The molecule has 0 saturated carbocycles. The molecule has 3 N–H and O–H groups in total. The van der Waals surface area contributed by atoms with E-state index in [-0.39, 0.29) is 5.91 Å². The molecule has 0 aromatic carbocycles. The number of hydrogen-bond donors (Lipinski definition) is 2. The Bertz CT molecular complexity index is 126. The van der Waals surface area contributed by atoms with Crippen molar-refractivity contribution in [1.82, 2.24) is 5.32 Å². The molecular formula is C10H22N2O. The van der Waals surface area contributed by atoms with Crippen LogP contribution in [0.15, 0.2) is 0 Å². The van der Waals surface area contributed by atoms with Crippen LogP contribution >= 0.6 is 0 Å². The smallest absolute Gasteiger partial charge is 0.220 e. The van der Waals surface area contributed by atoms with E-state index in [1.807, 2.05) is 0 Å². The summed E-state index contributed by atoms with van der Waals surface area (Å²) < 4.78 is 0. The maximum absolute atomic E-state index is 11.1. The van der Waals surface area contributed by atoms with Gasteiger partial charge < -0.3 is 11.1 Å². The van der Waals surface area contributed by atoms with Gasteiger partial charge in [0.2, 0.25) is 5.91 Å². The highest BCUT2D eigenvalue weighted by Gasteiger charge is 1.98. The number of nitrogens with two attached hydrogens (primary N) is 1. The van der Waals surface area contributed by atoms with E-state index < -0.39 is 0 Å². The van der Waals surface area contributed by atoms with Crippen molar-refractivity contribution in [3.05, 3.63) is 0 Å². The number of amides is 1. The van der Waals surface area contributed by atoms with E-state index in [9.17, 15) is 4.79 Å². The fourth-order valence-corrected chi connectivity index (χ4v) is 1.19. The molecule has 0 aromatic rings. The SMILES string of the molecule is CCCCCCCC(=O)NCCN. The Morgan fingerprint density at radius 2 is 1.92 bits per heavy atom.